The Kier molecular flexibility index (Phi) is 9.08. The van der Waals surface area contributed by atoms with Crippen LogP contribution in [0.15, 0.2) is 48.6 Å². The van der Waals surface area contributed by atoms with Crippen LogP contribution in [-0.2, 0) is 27.8 Å². The molecule has 2 aliphatic heterocycles. The van der Waals surface area contributed by atoms with Crippen LogP contribution in [0.25, 0.3) is 0 Å². The summed E-state index contributed by atoms with van der Waals surface area (Å²) >= 11 is 6.30. The van der Waals surface area contributed by atoms with E-state index in [-0.39, 0.29) is 17.8 Å². The number of ether oxygens (including phenoxy) is 2. The van der Waals surface area contributed by atoms with E-state index in [1.807, 2.05) is 31.2 Å². The van der Waals surface area contributed by atoms with Gasteiger partial charge >= 0.3 is 0 Å². The molecule has 0 spiro atoms. The summed E-state index contributed by atoms with van der Waals surface area (Å²) in [4.78, 5) is 15.5. The second kappa shape index (κ2) is 12.5. The first kappa shape index (κ1) is 29.0. The Balaban J connectivity index is 1.53. The first-order valence-electron chi connectivity index (χ1n) is 14.3. The topological polar surface area (TPSA) is 84.9 Å². The fraction of sp³-hybridized carbons (Fsp3) is 0.516. The van der Waals surface area contributed by atoms with Crippen LogP contribution in [0, 0.1) is 17.8 Å². The molecule has 3 aliphatic rings. The quantitative estimate of drug-likeness (QED) is 0.428. The maximum Gasteiger partial charge on any atom is 0.264 e. The molecule has 0 aromatic heterocycles. The molecule has 2 heterocycles. The number of carbonyl (C=O) groups excluding carboxylic acids is 1. The van der Waals surface area contributed by atoms with E-state index in [9.17, 15) is 13.2 Å². The Morgan fingerprint density at radius 1 is 1.10 bits per heavy atom. The number of hydrogen-bond donors (Lipinski definition) is 1. The molecule has 1 aliphatic carbocycles. The highest BCUT2D eigenvalue weighted by atomic mass is 35.5. The minimum absolute atomic E-state index is 0.0135. The van der Waals surface area contributed by atoms with Crippen molar-refractivity contribution >= 4 is 33.2 Å². The lowest BCUT2D eigenvalue weighted by atomic mass is 9.70. The predicted octanol–water partition coefficient (Wildman–Crippen LogP) is 5.76. The molecule has 2 aromatic carbocycles. The third-order valence-electron chi connectivity index (χ3n) is 8.48. The van der Waals surface area contributed by atoms with Gasteiger partial charge in [0.05, 0.1) is 17.5 Å². The average Bonchev–Trinajstić information content (AvgIpc) is 2.92. The van der Waals surface area contributed by atoms with Crippen LogP contribution in [0.4, 0.5) is 5.69 Å². The van der Waals surface area contributed by atoms with Gasteiger partial charge in [-0.2, -0.15) is 0 Å². The van der Waals surface area contributed by atoms with E-state index in [1.165, 1.54) is 5.56 Å². The Morgan fingerprint density at radius 3 is 2.73 bits per heavy atom. The second-order valence-corrected chi connectivity index (χ2v) is 13.7. The van der Waals surface area contributed by atoms with Crippen molar-refractivity contribution in [2.24, 2.45) is 17.8 Å². The standard InChI is InChI=1S/C31H39ClN2O5S/c1-21-6-5-8-29(38-2)27-13-10-24(27)18-34-15-4-3-7-22-16-26(32)12-9-25(22)19-39-30-14-11-23(17-28(30)34)31(35)33-40(36,37)20-21/h5,8-9,11-12,14,16-17,21,24,27,29H,3-4,6-7,10,13,15,18-20H2,1-2H3,(H,33,35)/b8-5+/t21-,24-,27+,29-/m0/s1. The number of sulfonamides is 1. The number of nitrogens with zero attached hydrogens (tertiary/aromatic N) is 1. The molecule has 7 nitrogen and oxygen atoms in total. The zero-order valence-electron chi connectivity index (χ0n) is 23.3. The van der Waals surface area contributed by atoms with E-state index in [2.05, 4.69) is 15.7 Å². The Labute approximate surface area is 242 Å². The number of fused-ring (bicyclic) bond motifs is 3. The van der Waals surface area contributed by atoms with Crippen molar-refractivity contribution in [3.63, 3.8) is 0 Å². The van der Waals surface area contributed by atoms with Gasteiger partial charge in [0.2, 0.25) is 10.0 Å². The molecule has 1 saturated carbocycles. The van der Waals surface area contributed by atoms with Gasteiger partial charge < -0.3 is 14.4 Å². The molecule has 5 rings (SSSR count). The SMILES string of the molecule is CO[C@H]1/C=C/C[C@H](C)CS(=O)(=O)NC(=O)c2ccc3c(c2)N(CCCCc2cc(Cl)ccc2CO3)C[C@@H]2CC[C@H]21. The van der Waals surface area contributed by atoms with Crippen LogP contribution in [-0.4, -0.2) is 46.4 Å². The number of carbonyl (C=O) groups is 1. The van der Waals surface area contributed by atoms with E-state index < -0.39 is 15.9 Å². The lowest BCUT2D eigenvalue weighted by Gasteiger charge is -2.43. The van der Waals surface area contributed by atoms with Crippen molar-refractivity contribution in [1.29, 1.82) is 0 Å². The van der Waals surface area contributed by atoms with Gasteiger partial charge in [0.25, 0.3) is 5.91 Å². The van der Waals surface area contributed by atoms with Gasteiger partial charge in [-0.15, -0.1) is 0 Å². The number of amides is 1. The average molecular weight is 587 g/mol. The van der Waals surface area contributed by atoms with Gasteiger partial charge in [-0.3, -0.25) is 4.79 Å². The Hall–Kier alpha value is -2.55. The van der Waals surface area contributed by atoms with E-state index >= 15 is 0 Å². The monoisotopic (exact) mass is 586 g/mol. The van der Waals surface area contributed by atoms with E-state index in [4.69, 9.17) is 21.1 Å². The summed E-state index contributed by atoms with van der Waals surface area (Å²) in [6.45, 7) is 3.87. The second-order valence-electron chi connectivity index (χ2n) is 11.5. The number of allylic oxidation sites excluding steroid dienone is 1. The lowest BCUT2D eigenvalue weighted by Crippen LogP contribution is -2.44. The third-order valence-corrected chi connectivity index (χ3v) is 10.2. The van der Waals surface area contributed by atoms with Crippen LogP contribution in [0.2, 0.25) is 5.02 Å². The molecular weight excluding hydrogens is 548 g/mol. The Morgan fingerprint density at radius 2 is 1.95 bits per heavy atom. The molecule has 2 bridgehead atoms. The van der Waals surface area contributed by atoms with Gasteiger partial charge in [0.15, 0.2) is 0 Å². The molecule has 0 radical (unpaired) electrons. The number of rotatable bonds is 1. The largest absolute Gasteiger partial charge is 0.487 e. The minimum Gasteiger partial charge on any atom is -0.487 e. The summed E-state index contributed by atoms with van der Waals surface area (Å²) in [5.74, 6) is 0.610. The fourth-order valence-electron chi connectivity index (χ4n) is 6.14. The third kappa shape index (κ3) is 6.84. The van der Waals surface area contributed by atoms with Crippen molar-refractivity contribution in [3.8, 4) is 5.75 Å². The molecule has 1 amide bonds. The van der Waals surface area contributed by atoms with Gasteiger partial charge in [-0.25, -0.2) is 13.1 Å². The van der Waals surface area contributed by atoms with Crippen LogP contribution < -0.4 is 14.4 Å². The molecule has 40 heavy (non-hydrogen) atoms. The molecule has 9 heteroatoms. The number of hydrogen-bond acceptors (Lipinski definition) is 6. The van der Waals surface area contributed by atoms with Crippen molar-refractivity contribution in [2.45, 2.75) is 58.2 Å². The first-order chi connectivity index (χ1) is 19.2. The normalized spacial score (nSPS) is 28.0. The maximum atomic E-state index is 13.2. The van der Waals surface area contributed by atoms with Gasteiger partial charge in [0.1, 0.15) is 12.4 Å². The molecule has 0 saturated heterocycles. The summed E-state index contributed by atoms with van der Waals surface area (Å²) in [7, 11) is -2.06. The number of anilines is 1. The number of benzene rings is 2. The fourth-order valence-corrected chi connectivity index (χ4v) is 7.71. The minimum atomic E-state index is -3.80. The summed E-state index contributed by atoms with van der Waals surface area (Å²) in [6.07, 6.45) is 9.78. The molecule has 2 aromatic rings. The summed E-state index contributed by atoms with van der Waals surface area (Å²) < 4.78 is 40.3. The zero-order chi connectivity index (χ0) is 28.3. The maximum absolute atomic E-state index is 13.2. The van der Waals surface area contributed by atoms with Gasteiger partial charge in [-0.1, -0.05) is 36.7 Å². The molecule has 4 atom stereocenters. The molecular formula is C31H39ClN2O5S. The lowest BCUT2D eigenvalue weighted by molar-refractivity contribution is 0.0134. The van der Waals surface area contributed by atoms with Crippen molar-refractivity contribution in [3.05, 3.63) is 70.3 Å². The number of halogens is 1. The predicted molar refractivity (Wildman–Crippen MR) is 159 cm³/mol. The van der Waals surface area contributed by atoms with Crippen LogP contribution in [0.1, 0.15) is 60.5 Å². The van der Waals surface area contributed by atoms with Crippen LogP contribution >= 0.6 is 11.6 Å². The van der Waals surface area contributed by atoms with E-state index in [0.29, 0.717) is 36.2 Å². The molecule has 0 unspecified atom stereocenters. The van der Waals surface area contributed by atoms with Crippen LogP contribution in [0.3, 0.4) is 0 Å². The number of aryl methyl sites for hydroxylation is 1. The molecule has 1 fully saturated rings. The summed E-state index contributed by atoms with van der Waals surface area (Å²) in [5, 5.41) is 0.720. The highest BCUT2D eigenvalue weighted by molar-refractivity contribution is 7.90. The number of methoxy groups -OCH3 is 1. The van der Waals surface area contributed by atoms with Gasteiger partial charge in [-0.05, 0) is 97.7 Å². The first-order valence-corrected chi connectivity index (χ1v) is 16.3. The summed E-state index contributed by atoms with van der Waals surface area (Å²) in [6, 6.07) is 11.2. The summed E-state index contributed by atoms with van der Waals surface area (Å²) in [5.41, 5.74) is 3.40. The molecule has 216 valence electrons. The van der Waals surface area contributed by atoms with Crippen molar-refractivity contribution < 1.29 is 22.7 Å². The van der Waals surface area contributed by atoms with E-state index in [0.717, 1.165) is 61.5 Å². The highest BCUT2D eigenvalue weighted by Gasteiger charge is 2.37. The molecule has 1 N–H and O–H groups in total. The van der Waals surface area contributed by atoms with E-state index in [1.54, 1.807) is 25.3 Å². The Bertz CT molecular complexity index is 1360. The van der Waals surface area contributed by atoms with Crippen molar-refractivity contribution in [1.82, 2.24) is 4.72 Å². The van der Waals surface area contributed by atoms with Crippen LogP contribution in [0.5, 0.6) is 5.75 Å². The highest BCUT2D eigenvalue weighted by Crippen LogP contribution is 2.41. The number of nitrogens with one attached hydrogen (secondary N) is 1. The van der Waals surface area contributed by atoms with Gasteiger partial charge in [0, 0.05) is 30.8 Å². The smallest absolute Gasteiger partial charge is 0.264 e. The van der Waals surface area contributed by atoms with Crippen molar-refractivity contribution in [2.75, 3.05) is 30.9 Å². The zero-order valence-corrected chi connectivity index (χ0v) is 24.8.